The minimum atomic E-state index is -0.0976. The van der Waals surface area contributed by atoms with Crippen molar-refractivity contribution in [1.82, 2.24) is 19.9 Å². The van der Waals surface area contributed by atoms with Crippen LogP contribution in [0.2, 0.25) is 0 Å². The summed E-state index contributed by atoms with van der Waals surface area (Å²) in [4.78, 5) is 14.8. The predicted molar refractivity (Wildman–Crippen MR) is 103 cm³/mol. The van der Waals surface area contributed by atoms with Gasteiger partial charge in [-0.05, 0) is 37.7 Å². The molecule has 1 unspecified atom stereocenters. The molecule has 0 aliphatic rings. The van der Waals surface area contributed by atoms with Crippen LogP contribution >= 0.6 is 0 Å². The summed E-state index contributed by atoms with van der Waals surface area (Å²) < 4.78 is 0. The van der Waals surface area contributed by atoms with Gasteiger partial charge in [0.2, 0.25) is 11.9 Å². The zero-order valence-corrected chi connectivity index (χ0v) is 15.6. The number of anilines is 3. The molecule has 8 heteroatoms. The van der Waals surface area contributed by atoms with Crippen LogP contribution < -0.4 is 10.6 Å². The van der Waals surface area contributed by atoms with Crippen LogP contribution in [0.25, 0.3) is 0 Å². The average molecular weight is 360 g/mol. The molecule has 4 N–H and O–H groups in total. The molecule has 2 rings (SSSR count). The van der Waals surface area contributed by atoms with Crippen molar-refractivity contribution in [3.8, 4) is 5.75 Å². The number of hydrogen-bond donors (Lipinski definition) is 4. The summed E-state index contributed by atoms with van der Waals surface area (Å²) in [6, 6.07) is 5.24. The maximum Gasteiger partial charge on any atom is 0.231 e. The third-order valence-corrected chi connectivity index (χ3v) is 4.24. The molecule has 0 radical (unpaired) electrons. The fraction of sp³-hybridized carbons (Fsp3) is 0.500. The summed E-state index contributed by atoms with van der Waals surface area (Å²) in [7, 11) is 0. The number of benzene rings is 1. The first-order chi connectivity index (χ1) is 12.6. The number of rotatable bonds is 10. The quantitative estimate of drug-likeness (QED) is 0.478. The van der Waals surface area contributed by atoms with Crippen molar-refractivity contribution in [3.63, 3.8) is 0 Å². The molecule has 1 heterocycles. The summed E-state index contributed by atoms with van der Waals surface area (Å²) >= 11 is 0. The van der Waals surface area contributed by atoms with E-state index in [1.54, 1.807) is 12.1 Å². The van der Waals surface area contributed by atoms with Gasteiger partial charge in [-0.2, -0.15) is 4.98 Å². The Labute approximate surface area is 154 Å². The highest BCUT2D eigenvalue weighted by atomic mass is 16.3. The number of nitrogens with one attached hydrogen (secondary N) is 2. The van der Waals surface area contributed by atoms with Crippen LogP contribution in [0.15, 0.2) is 24.5 Å². The molecular formula is C18H28N6O2. The number of aliphatic hydroxyl groups excluding tert-OH is 1. The van der Waals surface area contributed by atoms with E-state index in [1.165, 1.54) is 6.33 Å². The Kier molecular flexibility index (Phi) is 7.55. The third kappa shape index (κ3) is 5.53. The largest absolute Gasteiger partial charge is 0.508 e. The topological polar surface area (TPSA) is 106 Å². The van der Waals surface area contributed by atoms with Gasteiger partial charge in [0.15, 0.2) is 0 Å². The van der Waals surface area contributed by atoms with Gasteiger partial charge < -0.3 is 20.8 Å². The fourth-order valence-electron chi connectivity index (χ4n) is 2.49. The molecule has 0 aliphatic carbocycles. The van der Waals surface area contributed by atoms with Crippen LogP contribution in [0.3, 0.4) is 0 Å². The van der Waals surface area contributed by atoms with Gasteiger partial charge in [0.1, 0.15) is 12.1 Å². The normalized spacial score (nSPS) is 12.2. The van der Waals surface area contributed by atoms with Crippen molar-refractivity contribution >= 4 is 17.6 Å². The summed E-state index contributed by atoms with van der Waals surface area (Å²) in [5.74, 6) is 1.08. The summed E-state index contributed by atoms with van der Waals surface area (Å²) in [6.07, 6.45) is 2.18. The molecule has 0 fully saturated rings. The van der Waals surface area contributed by atoms with Gasteiger partial charge >= 0.3 is 0 Å². The van der Waals surface area contributed by atoms with E-state index in [9.17, 15) is 10.2 Å². The van der Waals surface area contributed by atoms with E-state index in [1.807, 2.05) is 13.0 Å². The van der Waals surface area contributed by atoms with Gasteiger partial charge in [0.25, 0.3) is 0 Å². The van der Waals surface area contributed by atoms with Crippen LogP contribution in [0.1, 0.15) is 32.8 Å². The van der Waals surface area contributed by atoms with Crippen LogP contribution in [0.4, 0.5) is 17.6 Å². The Hall–Kier alpha value is -2.45. The molecule has 1 aromatic heterocycles. The predicted octanol–water partition coefficient (Wildman–Crippen LogP) is 2.35. The summed E-state index contributed by atoms with van der Waals surface area (Å²) in [5.41, 5.74) is 1.63. The molecule has 0 aliphatic heterocycles. The lowest BCUT2D eigenvalue weighted by Gasteiger charge is -2.19. The van der Waals surface area contributed by atoms with Crippen molar-refractivity contribution in [3.05, 3.63) is 30.1 Å². The Morgan fingerprint density at radius 1 is 1.12 bits per heavy atom. The molecule has 0 saturated carbocycles. The molecule has 1 aromatic carbocycles. The van der Waals surface area contributed by atoms with Gasteiger partial charge in [-0.3, -0.25) is 4.90 Å². The summed E-state index contributed by atoms with van der Waals surface area (Å²) in [5, 5.41) is 25.6. The first-order valence-corrected chi connectivity index (χ1v) is 8.97. The zero-order chi connectivity index (χ0) is 18.9. The van der Waals surface area contributed by atoms with E-state index in [0.29, 0.717) is 18.4 Å². The molecule has 0 saturated heterocycles. The Bertz CT molecular complexity index is 689. The Balaban J connectivity index is 2.13. The van der Waals surface area contributed by atoms with Gasteiger partial charge in [0.05, 0.1) is 12.6 Å². The van der Waals surface area contributed by atoms with Crippen LogP contribution in [0, 0.1) is 0 Å². The Morgan fingerprint density at radius 3 is 2.50 bits per heavy atom. The van der Waals surface area contributed by atoms with Crippen molar-refractivity contribution in [2.75, 3.05) is 30.3 Å². The van der Waals surface area contributed by atoms with Gasteiger partial charge in [0, 0.05) is 17.8 Å². The number of aromatic nitrogens is 3. The van der Waals surface area contributed by atoms with E-state index in [-0.39, 0.29) is 18.4 Å². The average Bonchev–Trinajstić information content (AvgIpc) is 2.66. The van der Waals surface area contributed by atoms with Gasteiger partial charge in [-0.1, -0.05) is 20.8 Å². The maximum absolute atomic E-state index is 10.1. The molecular weight excluding hydrogens is 332 g/mol. The van der Waals surface area contributed by atoms with Crippen molar-refractivity contribution < 1.29 is 10.2 Å². The molecule has 8 nitrogen and oxygen atoms in total. The molecule has 142 valence electrons. The lowest BCUT2D eigenvalue weighted by molar-refractivity contribution is 0.271. The number of aliphatic hydroxyl groups is 1. The standard InChI is InChI=1S/C18H28N6O2/c1-4-14(11-25)21-17-19-12-20-18(23-17)22-15-7-8-16(26)13(9-15)10-24(5-2)6-3/h7-9,12,14,25-26H,4-6,10-11H2,1-3H3,(H2,19,20,21,22,23). The fourth-order valence-corrected chi connectivity index (χ4v) is 2.49. The minimum Gasteiger partial charge on any atom is -0.508 e. The van der Waals surface area contributed by atoms with Crippen molar-refractivity contribution in [2.45, 2.75) is 39.8 Å². The molecule has 0 amide bonds. The highest BCUT2D eigenvalue weighted by molar-refractivity contribution is 5.57. The first-order valence-electron chi connectivity index (χ1n) is 8.97. The highest BCUT2D eigenvalue weighted by Gasteiger charge is 2.10. The van der Waals surface area contributed by atoms with E-state index in [2.05, 4.69) is 44.3 Å². The van der Waals surface area contributed by atoms with E-state index in [4.69, 9.17) is 0 Å². The molecule has 0 bridgehead atoms. The van der Waals surface area contributed by atoms with E-state index >= 15 is 0 Å². The lowest BCUT2D eigenvalue weighted by Crippen LogP contribution is -2.24. The molecule has 26 heavy (non-hydrogen) atoms. The first kappa shape index (κ1) is 19.9. The molecule has 1 atom stereocenters. The van der Waals surface area contributed by atoms with Crippen LogP contribution in [0.5, 0.6) is 5.75 Å². The second kappa shape index (κ2) is 9.88. The molecule has 0 spiro atoms. The molecule has 2 aromatic rings. The number of phenolic OH excluding ortho intramolecular Hbond substituents is 1. The van der Waals surface area contributed by atoms with Crippen LogP contribution in [-0.2, 0) is 6.54 Å². The van der Waals surface area contributed by atoms with Crippen molar-refractivity contribution in [1.29, 1.82) is 0 Å². The van der Waals surface area contributed by atoms with E-state index < -0.39 is 0 Å². The SMILES string of the molecule is CCC(CO)Nc1ncnc(Nc2ccc(O)c(CN(CC)CC)c2)n1. The maximum atomic E-state index is 10.1. The monoisotopic (exact) mass is 360 g/mol. The second-order valence-corrected chi connectivity index (χ2v) is 5.99. The smallest absolute Gasteiger partial charge is 0.231 e. The van der Waals surface area contributed by atoms with E-state index in [0.717, 1.165) is 30.8 Å². The third-order valence-electron chi connectivity index (χ3n) is 4.24. The summed E-state index contributed by atoms with van der Waals surface area (Å²) in [6.45, 7) is 8.68. The lowest BCUT2D eigenvalue weighted by atomic mass is 10.1. The number of hydrogen-bond acceptors (Lipinski definition) is 8. The minimum absolute atomic E-state index is 0.0115. The number of phenols is 1. The zero-order valence-electron chi connectivity index (χ0n) is 15.6. The van der Waals surface area contributed by atoms with Crippen molar-refractivity contribution in [2.24, 2.45) is 0 Å². The van der Waals surface area contributed by atoms with Gasteiger partial charge in [-0.15, -0.1) is 0 Å². The van der Waals surface area contributed by atoms with Gasteiger partial charge in [-0.25, -0.2) is 9.97 Å². The Morgan fingerprint density at radius 2 is 1.85 bits per heavy atom. The highest BCUT2D eigenvalue weighted by Crippen LogP contribution is 2.24. The second-order valence-electron chi connectivity index (χ2n) is 5.99. The number of aromatic hydroxyl groups is 1. The van der Waals surface area contributed by atoms with Crippen LogP contribution in [-0.4, -0.2) is 55.8 Å². The number of nitrogens with zero attached hydrogens (tertiary/aromatic N) is 4.